The van der Waals surface area contributed by atoms with Gasteiger partial charge in [-0.2, -0.15) is 0 Å². The van der Waals surface area contributed by atoms with Crippen LogP contribution in [0.2, 0.25) is 0 Å². The maximum Gasteiger partial charge on any atom is 0.472 e. The molecular formula is C65H126O17P2. The van der Waals surface area contributed by atoms with Crippen molar-refractivity contribution in [2.24, 2.45) is 23.7 Å². The second-order valence-electron chi connectivity index (χ2n) is 25.2. The molecule has 4 unspecified atom stereocenters. The van der Waals surface area contributed by atoms with E-state index in [0.717, 1.165) is 115 Å². The number of phosphoric ester groups is 2. The third kappa shape index (κ3) is 57.8. The zero-order chi connectivity index (χ0) is 62.5. The lowest BCUT2D eigenvalue weighted by Crippen LogP contribution is -2.30. The predicted octanol–water partition coefficient (Wildman–Crippen LogP) is 17.8. The van der Waals surface area contributed by atoms with Crippen LogP contribution in [0.1, 0.15) is 312 Å². The van der Waals surface area contributed by atoms with Crippen molar-refractivity contribution in [3.05, 3.63) is 0 Å². The van der Waals surface area contributed by atoms with Crippen LogP contribution in [0.15, 0.2) is 0 Å². The number of phosphoric acid groups is 2. The molecule has 0 aliphatic heterocycles. The molecule has 498 valence electrons. The van der Waals surface area contributed by atoms with Gasteiger partial charge in [0.1, 0.15) is 19.3 Å². The minimum absolute atomic E-state index is 0.103. The Hall–Kier alpha value is -1.94. The van der Waals surface area contributed by atoms with Gasteiger partial charge in [0.05, 0.1) is 26.4 Å². The topological polar surface area (TPSA) is 237 Å². The summed E-state index contributed by atoms with van der Waals surface area (Å²) in [6.45, 7) is 13.9. The van der Waals surface area contributed by atoms with Crippen LogP contribution in [0, 0.1) is 23.7 Å². The van der Waals surface area contributed by atoms with Gasteiger partial charge in [0, 0.05) is 25.7 Å². The highest BCUT2D eigenvalue weighted by atomic mass is 31.2. The summed E-state index contributed by atoms with van der Waals surface area (Å²) in [6, 6.07) is 0. The molecule has 0 aromatic carbocycles. The molecule has 17 nitrogen and oxygen atoms in total. The summed E-state index contributed by atoms with van der Waals surface area (Å²) in [5.74, 6) is 0.765. The Balaban J connectivity index is 5.25. The maximum absolute atomic E-state index is 13.0. The van der Waals surface area contributed by atoms with Crippen molar-refractivity contribution in [3.8, 4) is 0 Å². The molecule has 0 aliphatic carbocycles. The highest BCUT2D eigenvalue weighted by Crippen LogP contribution is 2.45. The van der Waals surface area contributed by atoms with Gasteiger partial charge in [0.15, 0.2) is 12.2 Å². The van der Waals surface area contributed by atoms with Crippen LogP contribution in [0.3, 0.4) is 0 Å². The molecule has 0 saturated carbocycles. The number of hydrogen-bond acceptors (Lipinski definition) is 15. The number of aliphatic hydroxyl groups excluding tert-OH is 1. The van der Waals surface area contributed by atoms with E-state index >= 15 is 0 Å². The summed E-state index contributed by atoms with van der Waals surface area (Å²) < 4.78 is 68.0. The van der Waals surface area contributed by atoms with E-state index in [1.165, 1.54) is 103 Å². The lowest BCUT2D eigenvalue weighted by molar-refractivity contribution is -0.161. The first kappa shape index (κ1) is 82.1. The van der Waals surface area contributed by atoms with Crippen molar-refractivity contribution >= 4 is 39.5 Å². The molecule has 0 saturated heterocycles. The first-order valence-corrected chi connectivity index (χ1v) is 36.7. The van der Waals surface area contributed by atoms with Crippen LogP contribution in [-0.2, 0) is 65.4 Å². The molecule has 6 atom stereocenters. The normalized spacial score (nSPS) is 14.7. The Kier molecular flexibility index (Phi) is 53.9. The van der Waals surface area contributed by atoms with Crippen molar-refractivity contribution < 1.29 is 80.2 Å². The Morgan fingerprint density at radius 2 is 0.571 bits per heavy atom. The van der Waals surface area contributed by atoms with Crippen LogP contribution in [0.25, 0.3) is 0 Å². The van der Waals surface area contributed by atoms with Gasteiger partial charge in [-0.25, -0.2) is 9.13 Å². The van der Waals surface area contributed by atoms with Crippen LogP contribution in [0.5, 0.6) is 0 Å². The molecule has 0 bridgehead atoms. The maximum atomic E-state index is 13.0. The average Bonchev–Trinajstić information content (AvgIpc) is 3.48. The minimum atomic E-state index is -4.95. The molecule has 0 amide bonds. The molecule has 0 radical (unpaired) electrons. The van der Waals surface area contributed by atoms with E-state index in [1.807, 2.05) is 0 Å². The fourth-order valence-corrected chi connectivity index (χ4v) is 11.2. The van der Waals surface area contributed by atoms with E-state index in [-0.39, 0.29) is 25.7 Å². The number of carbonyl (C=O) groups is 4. The van der Waals surface area contributed by atoms with Crippen molar-refractivity contribution in [2.75, 3.05) is 39.6 Å². The Labute approximate surface area is 511 Å². The lowest BCUT2D eigenvalue weighted by Gasteiger charge is -2.21. The smallest absolute Gasteiger partial charge is 0.462 e. The van der Waals surface area contributed by atoms with E-state index in [0.29, 0.717) is 37.5 Å². The third-order valence-electron chi connectivity index (χ3n) is 15.2. The van der Waals surface area contributed by atoms with E-state index < -0.39 is 97.5 Å². The summed E-state index contributed by atoms with van der Waals surface area (Å²) >= 11 is 0. The molecule has 0 aromatic rings. The Morgan fingerprint density at radius 1 is 0.333 bits per heavy atom. The first-order valence-electron chi connectivity index (χ1n) is 33.7. The van der Waals surface area contributed by atoms with Gasteiger partial charge in [-0.3, -0.25) is 37.3 Å². The number of carbonyl (C=O) groups excluding carboxylic acids is 4. The zero-order valence-electron chi connectivity index (χ0n) is 54.5. The summed E-state index contributed by atoms with van der Waals surface area (Å²) in [6.07, 6.45) is 35.0. The second kappa shape index (κ2) is 55.2. The lowest BCUT2D eigenvalue weighted by atomic mass is 9.99. The first-order chi connectivity index (χ1) is 40.1. The van der Waals surface area contributed by atoms with Gasteiger partial charge in [0.2, 0.25) is 0 Å². The molecule has 0 fully saturated rings. The van der Waals surface area contributed by atoms with Crippen LogP contribution >= 0.6 is 15.6 Å². The largest absolute Gasteiger partial charge is 0.472 e. The summed E-state index contributed by atoms with van der Waals surface area (Å²) in [4.78, 5) is 72.2. The summed E-state index contributed by atoms with van der Waals surface area (Å²) in [5, 5.41) is 10.5. The summed E-state index contributed by atoms with van der Waals surface area (Å²) in [7, 11) is -9.89. The second-order valence-corrected chi connectivity index (χ2v) is 28.1. The van der Waals surface area contributed by atoms with Crippen LogP contribution < -0.4 is 0 Å². The van der Waals surface area contributed by atoms with E-state index in [1.54, 1.807) is 0 Å². The molecule has 19 heteroatoms. The van der Waals surface area contributed by atoms with Crippen molar-refractivity contribution in [1.29, 1.82) is 0 Å². The predicted molar refractivity (Wildman–Crippen MR) is 335 cm³/mol. The highest BCUT2D eigenvalue weighted by molar-refractivity contribution is 7.47. The van der Waals surface area contributed by atoms with Gasteiger partial charge < -0.3 is 33.8 Å². The van der Waals surface area contributed by atoms with Crippen molar-refractivity contribution in [3.63, 3.8) is 0 Å². The molecule has 0 heterocycles. The molecule has 84 heavy (non-hydrogen) atoms. The molecular weight excluding hydrogens is 1110 g/mol. The molecule has 0 aliphatic rings. The highest BCUT2D eigenvalue weighted by Gasteiger charge is 2.30. The fourth-order valence-electron chi connectivity index (χ4n) is 9.57. The van der Waals surface area contributed by atoms with Gasteiger partial charge in [-0.15, -0.1) is 0 Å². The number of aliphatic hydroxyl groups is 1. The molecule has 0 aromatic heterocycles. The molecule has 0 rings (SSSR count). The van der Waals surface area contributed by atoms with Gasteiger partial charge in [-0.05, 0) is 49.4 Å². The number of rotatable bonds is 62. The van der Waals surface area contributed by atoms with Crippen molar-refractivity contribution in [2.45, 2.75) is 331 Å². The number of ether oxygens (including phenoxy) is 4. The van der Waals surface area contributed by atoms with Gasteiger partial charge >= 0.3 is 39.5 Å². The Bertz CT molecular complexity index is 1680. The van der Waals surface area contributed by atoms with Gasteiger partial charge in [0.25, 0.3) is 0 Å². The number of esters is 4. The SMILES string of the molecule is CCC(C)CCCCCCCCCCCCC(=O)O[C@H](COC(=O)CCCCCCCCCC(C)C)COP(=O)(O)OCC(O)COP(=O)(O)OC[C@@H](COC(=O)CCCCCCCCC(C)C)OC(=O)CCCCCCCCCCC(C)C. The monoisotopic (exact) mass is 1240 g/mol. The molecule has 0 spiro atoms. The van der Waals surface area contributed by atoms with E-state index in [2.05, 4.69) is 55.4 Å². The quantitative estimate of drug-likeness (QED) is 0.0222. The van der Waals surface area contributed by atoms with E-state index in [4.69, 9.17) is 37.0 Å². The standard InChI is InChI=1S/C65H126O17P2/c1-9-58(8)44-36-28-19-12-10-11-13-20-31-39-47-64(69)81-60(51-75-62(67)45-37-29-22-16-18-26-34-42-56(4)5)53-79-83(71,72)77-49-59(66)50-78-84(73,74)80-54-61(52-76-63(68)46-38-30-24-23-27-35-43-57(6)7)82-65(70)48-40-32-21-15-14-17-25-33-41-55(2)3/h55-61,66H,9-54H2,1-8H3,(H,71,72)(H,73,74)/t58?,59?,60-,61-/m1/s1. The Morgan fingerprint density at radius 3 is 0.845 bits per heavy atom. The summed E-state index contributed by atoms with van der Waals surface area (Å²) in [5.41, 5.74) is 0. The van der Waals surface area contributed by atoms with E-state index in [9.17, 15) is 43.2 Å². The van der Waals surface area contributed by atoms with Gasteiger partial charge in [-0.1, -0.05) is 261 Å². The van der Waals surface area contributed by atoms with Crippen LogP contribution in [-0.4, -0.2) is 96.7 Å². The fraction of sp³-hybridized carbons (Fsp3) is 0.938. The zero-order valence-corrected chi connectivity index (χ0v) is 56.3. The number of hydrogen-bond donors (Lipinski definition) is 3. The van der Waals surface area contributed by atoms with Crippen LogP contribution in [0.4, 0.5) is 0 Å². The number of unbranched alkanes of at least 4 members (excludes halogenated alkanes) is 27. The minimum Gasteiger partial charge on any atom is -0.462 e. The van der Waals surface area contributed by atoms with Crippen molar-refractivity contribution in [1.82, 2.24) is 0 Å². The average molecular weight is 1240 g/mol. The third-order valence-corrected chi connectivity index (χ3v) is 17.1. The molecule has 3 N–H and O–H groups in total.